The van der Waals surface area contributed by atoms with Gasteiger partial charge in [0.25, 0.3) is 0 Å². The van der Waals surface area contributed by atoms with Gasteiger partial charge in [0.2, 0.25) is 5.91 Å². The summed E-state index contributed by atoms with van der Waals surface area (Å²) in [6, 6.07) is 0.638. The van der Waals surface area contributed by atoms with Crippen LogP contribution < -0.4 is 11.1 Å². The highest BCUT2D eigenvalue weighted by atomic mass is 16.1. The summed E-state index contributed by atoms with van der Waals surface area (Å²) in [5.74, 6) is 1.92. The average molecular weight is 280 g/mol. The van der Waals surface area contributed by atoms with E-state index >= 15 is 0 Å². The molecule has 3 N–H and O–H groups in total. The molecule has 0 spiro atoms. The monoisotopic (exact) mass is 280 g/mol. The van der Waals surface area contributed by atoms with Gasteiger partial charge in [-0.05, 0) is 56.8 Å². The Bertz CT molecular complexity index is 300. The van der Waals surface area contributed by atoms with Crippen LogP contribution >= 0.6 is 0 Å². The Hall–Kier alpha value is -0.570. The molecule has 0 aromatic rings. The van der Waals surface area contributed by atoms with Crippen LogP contribution in [0.3, 0.4) is 0 Å². The number of nitrogens with one attached hydrogen (secondary N) is 1. The predicted octanol–water partition coefficient (Wildman–Crippen LogP) is 3.23. The Morgan fingerprint density at radius 1 is 1.15 bits per heavy atom. The summed E-state index contributed by atoms with van der Waals surface area (Å²) in [6.45, 7) is 4.48. The second kappa shape index (κ2) is 7.44. The molecule has 2 fully saturated rings. The molecule has 0 radical (unpaired) electrons. The van der Waals surface area contributed by atoms with E-state index in [1.54, 1.807) is 0 Å². The Morgan fingerprint density at radius 2 is 1.85 bits per heavy atom. The second-order valence-corrected chi connectivity index (χ2v) is 7.28. The van der Waals surface area contributed by atoms with E-state index in [0.717, 1.165) is 25.2 Å². The average Bonchev–Trinajstić information content (AvgIpc) is 2.40. The number of rotatable bonds is 4. The number of carbonyl (C=O) groups excluding carboxylic acids is 1. The minimum atomic E-state index is 0.155. The van der Waals surface area contributed by atoms with E-state index in [4.69, 9.17) is 5.73 Å². The molecule has 3 nitrogen and oxygen atoms in total. The zero-order valence-electron chi connectivity index (χ0n) is 13.2. The van der Waals surface area contributed by atoms with Crippen molar-refractivity contribution in [3.63, 3.8) is 0 Å². The molecule has 0 heterocycles. The number of nitrogens with two attached hydrogens (primary N) is 1. The molecule has 0 aromatic carbocycles. The van der Waals surface area contributed by atoms with Crippen LogP contribution in [0, 0.1) is 17.8 Å². The van der Waals surface area contributed by atoms with Gasteiger partial charge in [0.1, 0.15) is 0 Å². The van der Waals surface area contributed by atoms with Gasteiger partial charge in [0.15, 0.2) is 0 Å². The minimum absolute atomic E-state index is 0.155. The lowest BCUT2D eigenvalue weighted by atomic mass is 9.78. The van der Waals surface area contributed by atoms with Gasteiger partial charge >= 0.3 is 0 Å². The fourth-order valence-electron chi connectivity index (χ4n) is 4.19. The third-order valence-corrected chi connectivity index (χ3v) is 5.24. The summed E-state index contributed by atoms with van der Waals surface area (Å²) in [4.78, 5) is 12.4. The van der Waals surface area contributed by atoms with Crippen molar-refractivity contribution in [2.75, 3.05) is 0 Å². The predicted molar refractivity (Wildman–Crippen MR) is 83.3 cm³/mol. The summed E-state index contributed by atoms with van der Waals surface area (Å²) in [6.07, 6.45) is 10.5. The van der Waals surface area contributed by atoms with Crippen LogP contribution in [0.5, 0.6) is 0 Å². The molecule has 2 aliphatic carbocycles. The van der Waals surface area contributed by atoms with E-state index in [-0.39, 0.29) is 17.9 Å². The SMILES string of the molecule is CCCC1CCC(NC(=O)C2CC(C)CC(N)C2)CC1. The highest BCUT2D eigenvalue weighted by Gasteiger charge is 2.31. The van der Waals surface area contributed by atoms with Crippen molar-refractivity contribution in [2.45, 2.75) is 83.7 Å². The summed E-state index contributed by atoms with van der Waals surface area (Å²) in [7, 11) is 0. The summed E-state index contributed by atoms with van der Waals surface area (Å²) in [5.41, 5.74) is 6.06. The van der Waals surface area contributed by atoms with Crippen molar-refractivity contribution in [3.05, 3.63) is 0 Å². The van der Waals surface area contributed by atoms with E-state index < -0.39 is 0 Å². The van der Waals surface area contributed by atoms with Gasteiger partial charge in [-0.25, -0.2) is 0 Å². The molecule has 3 unspecified atom stereocenters. The van der Waals surface area contributed by atoms with E-state index in [0.29, 0.717) is 12.0 Å². The fraction of sp³-hybridized carbons (Fsp3) is 0.941. The van der Waals surface area contributed by atoms with Gasteiger partial charge in [-0.2, -0.15) is 0 Å². The van der Waals surface area contributed by atoms with Crippen LogP contribution in [0.4, 0.5) is 0 Å². The van der Waals surface area contributed by atoms with Gasteiger partial charge in [-0.15, -0.1) is 0 Å². The van der Waals surface area contributed by atoms with Crippen LogP contribution in [0.2, 0.25) is 0 Å². The molecule has 3 heteroatoms. The highest BCUT2D eigenvalue weighted by Crippen LogP contribution is 2.30. The van der Waals surface area contributed by atoms with Crippen molar-refractivity contribution in [1.29, 1.82) is 0 Å². The van der Waals surface area contributed by atoms with Gasteiger partial charge in [-0.1, -0.05) is 26.7 Å². The number of hydrogen-bond acceptors (Lipinski definition) is 2. The standard InChI is InChI=1S/C17H32N2O/c1-3-4-13-5-7-16(8-6-13)19-17(20)14-9-12(2)10-15(18)11-14/h12-16H,3-11,18H2,1-2H3,(H,19,20). The topological polar surface area (TPSA) is 55.1 Å². The molecule has 0 aliphatic heterocycles. The van der Waals surface area contributed by atoms with Crippen LogP contribution in [0.1, 0.15) is 71.6 Å². The Balaban J connectivity index is 1.75. The third-order valence-electron chi connectivity index (χ3n) is 5.24. The number of carbonyl (C=O) groups is 1. The van der Waals surface area contributed by atoms with Crippen LogP contribution in [0.25, 0.3) is 0 Å². The smallest absolute Gasteiger partial charge is 0.223 e. The summed E-state index contributed by atoms with van der Waals surface area (Å²) in [5, 5.41) is 3.30. The first-order chi connectivity index (χ1) is 9.58. The maximum Gasteiger partial charge on any atom is 0.223 e. The molecule has 2 aliphatic rings. The lowest BCUT2D eigenvalue weighted by molar-refractivity contribution is -0.127. The lowest BCUT2D eigenvalue weighted by Gasteiger charge is -2.33. The van der Waals surface area contributed by atoms with Crippen LogP contribution in [-0.2, 0) is 4.79 Å². The molecule has 1 amide bonds. The van der Waals surface area contributed by atoms with Crippen LogP contribution in [-0.4, -0.2) is 18.0 Å². The summed E-state index contributed by atoms with van der Waals surface area (Å²) >= 11 is 0. The van der Waals surface area contributed by atoms with Gasteiger partial charge in [-0.3, -0.25) is 4.79 Å². The zero-order chi connectivity index (χ0) is 14.5. The molecular formula is C17H32N2O. The van der Waals surface area contributed by atoms with E-state index in [9.17, 15) is 4.79 Å². The largest absolute Gasteiger partial charge is 0.353 e. The van der Waals surface area contributed by atoms with Crippen molar-refractivity contribution < 1.29 is 4.79 Å². The lowest BCUT2D eigenvalue weighted by Crippen LogP contribution is -2.44. The molecule has 0 saturated heterocycles. The van der Waals surface area contributed by atoms with E-state index in [1.807, 2.05) is 0 Å². The highest BCUT2D eigenvalue weighted by molar-refractivity contribution is 5.79. The van der Waals surface area contributed by atoms with Gasteiger partial charge in [0.05, 0.1) is 0 Å². The van der Waals surface area contributed by atoms with E-state index in [2.05, 4.69) is 19.2 Å². The van der Waals surface area contributed by atoms with E-state index in [1.165, 1.54) is 38.5 Å². The van der Waals surface area contributed by atoms with Crippen molar-refractivity contribution in [2.24, 2.45) is 23.5 Å². The molecule has 0 bridgehead atoms. The first kappa shape index (κ1) is 15.8. The first-order valence-electron chi connectivity index (χ1n) is 8.64. The number of amides is 1. The molecule has 0 aromatic heterocycles. The maximum atomic E-state index is 12.4. The summed E-state index contributed by atoms with van der Waals surface area (Å²) < 4.78 is 0. The molecule has 2 rings (SSSR count). The normalized spacial score (nSPS) is 38.5. The Labute approximate surface area is 124 Å². The van der Waals surface area contributed by atoms with Crippen LogP contribution in [0.15, 0.2) is 0 Å². The fourth-order valence-corrected chi connectivity index (χ4v) is 4.19. The molecule has 20 heavy (non-hydrogen) atoms. The van der Waals surface area contributed by atoms with Gasteiger partial charge in [0, 0.05) is 18.0 Å². The third kappa shape index (κ3) is 4.47. The van der Waals surface area contributed by atoms with Crippen molar-refractivity contribution in [1.82, 2.24) is 5.32 Å². The maximum absolute atomic E-state index is 12.4. The minimum Gasteiger partial charge on any atom is -0.353 e. The molecule has 116 valence electrons. The molecule has 2 saturated carbocycles. The molecular weight excluding hydrogens is 248 g/mol. The van der Waals surface area contributed by atoms with Gasteiger partial charge < -0.3 is 11.1 Å². The zero-order valence-corrected chi connectivity index (χ0v) is 13.2. The Kier molecular flexibility index (Phi) is 5.88. The number of hydrogen-bond donors (Lipinski definition) is 2. The first-order valence-corrected chi connectivity index (χ1v) is 8.64. The molecule has 3 atom stereocenters. The quantitative estimate of drug-likeness (QED) is 0.830. The second-order valence-electron chi connectivity index (χ2n) is 7.28. The Morgan fingerprint density at radius 3 is 2.45 bits per heavy atom. The van der Waals surface area contributed by atoms with Crippen molar-refractivity contribution >= 4 is 5.91 Å². The van der Waals surface area contributed by atoms with Crippen molar-refractivity contribution in [3.8, 4) is 0 Å².